The van der Waals surface area contributed by atoms with Gasteiger partial charge in [0.2, 0.25) is 11.9 Å². The third-order valence-corrected chi connectivity index (χ3v) is 3.38. The molecule has 1 amide bonds. The molecule has 7 nitrogen and oxygen atoms in total. The SMILES string of the molecule is COCCNCc1cnc(N2CCC(NC(C)=O)C2)nc1. The number of amides is 1. The first-order valence-electron chi connectivity index (χ1n) is 7.21. The number of ether oxygens (including phenoxy) is 1. The Kier molecular flexibility index (Phi) is 5.89. The fraction of sp³-hybridized carbons (Fsp3) is 0.643. The van der Waals surface area contributed by atoms with Crippen molar-refractivity contribution in [3.05, 3.63) is 18.0 Å². The molecule has 0 radical (unpaired) electrons. The van der Waals surface area contributed by atoms with Crippen molar-refractivity contribution in [3.8, 4) is 0 Å². The van der Waals surface area contributed by atoms with Crippen molar-refractivity contribution >= 4 is 11.9 Å². The Morgan fingerprint density at radius 3 is 2.90 bits per heavy atom. The summed E-state index contributed by atoms with van der Waals surface area (Å²) in [4.78, 5) is 22.0. The summed E-state index contributed by atoms with van der Waals surface area (Å²) in [6, 6.07) is 0.196. The molecule has 0 aliphatic carbocycles. The first-order valence-corrected chi connectivity index (χ1v) is 7.21. The van der Waals surface area contributed by atoms with Crippen LogP contribution in [0.25, 0.3) is 0 Å². The highest BCUT2D eigenvalue weighted by Crippen LogP contribution is 2.15. The van der Waals surface area contributed by atoms with Crippen LogP contribution in [0.2, 0.25) is 0 Å². The van der Waals surface area contributed by atoms with Gasteiger partial charge in [0, 0.05) is 64.2 Å². The predicted octanol–water partition coefficient (Wildman–Crippen LogP) is -0.0726. The highest BCUT2D eigenvalue weighted by Gasteiger charge is 2.24. The fourth-order valence-electron chi connectivity index (χ4n) is 2.36. The molecule has 1 fully saturated rings. The first-order chi connectivity index (χ1) is 10.2. The van der Waals surface area contributed by atoms with E-state index in [0.29, 0.717) is 6.61 Å². The quantitative estimate of drug-likeness (QED) is 0.685. The number of methoxy groups -OCH3 is 1. The Hall–Kier alpha value is -1.73. The molecule has 2 heterocycles. The fourth-order valence-corrected chi connectivity index (χ4v) is 2.36. The van der Waals surface area contributed by atoms with E-state index in [2.05, 4.69) is 25.5 Å². The third kappa shape index (κ3) is 4.95. The van der Waals surface area contributed by atoms with Gasteiger partial charge < -0.3 is 20.3 Å². The molecule has 116 valence electrons. The molecule has 0 spiro atoms. The molecule has 7 heteroatoms. The molecule has 1 aromatic rings. The maximum atomic E-state index is 11.1. The van der Waals surface area contributed by atoms with Gasteiger partial charge in [0.25, 0.3) is 0 Å². The Morgan fingerprint density at radius 2 is 2.24 bits per heavy atom. The average molecular weight is 293 g/mol. The lowest BCUT2D eigenvalue weighted by Gasteiger charge is -2.16. The maximum absolute atomic E-state index is 11.1. The number of aromatic nitrogens is 2. The standard InChI is InChI=1S/C14H23N5O2/c1-11(20)18-13-3-5-19(10-13)14-16-8-12(9-17-14)7-15-4-6-21-2/h8-9,13,15H,3-7,10H2,1-2H3,(H,18,20). The topological polar surface area (TPSA) is 79.4 Å². The number of hydrogen-bond acceptors (Lipinski definition) is 6. The number of hydrogen-bond donors (Lipinski definition) is 2. The number of nitrogens with one attached hydrogen (secondary N) is 2. The largest absolute Gasteiger partial charge is 0.383 e. The van der Waals surface area contributed by atoms with Crippen LogP contribution in [-0.4, -0.2) is 55.3 Å². The van der Waals surface area contributed by atoms with Gasteiger partial charge in [-0.2, -0.15) is 0 Å². The Balaban J connectivity index is 1.81. The zero-order valence-corrected chi connectivity index (χ0v) is 12.6. The molecule has 0 aromatic carbocycles. The molecule has 2 N–H and O–H groups in total. The van der Waals surface area contributed by atoms with E-state index in [1.807, 2.05) is 12.4 Å². The third-order valence-electron chi connectivity index (χ3n) is 3.38. The molecule has 0 saturated carbocycles. The van der Waals surface area contributed by atoms with E-state index in [0.717, 1.165) is 44.1 Å². The van der Waals surface area contributed by atoms with Gasteiger partial charge >= 0.3 is 0 Å². The van der Waals surface area contributed by atoms with Crippen molar-refractivity contribution in [1.29, 1.82) is 0 Å². The zero-order valence-electron chi connectivity index (χ0n) is 12.6. The predicted molar refractivity (Wildman–Crippen MR) is 80.0 cm³/mol. The number of nitrogens with zero attached hydrogens (tertiary/aromatic N) is 3. The second kappa shape index (κ2) is 7.90. The minimum atomic E-state index is 0.0141. The van der Waals surface area contributed by atoms with Crippen LogP contribution in [0.4, 0.5) is 5.95 Å². The molecule has 0 bridgehead atoms. The lowest BCUT2D eigenvalue weighted by molar-refractivity contribution is -0.119. The summed E-state index contributed by atoms with van der Waals surface area (Å²) in [5.41, 5.74) is 1.05. The Bertz CT molecular complexity index is 451. The molecule has 1 unspecified atom stereocenters. The zero-order chi connectivity index (χ0) is 15.1. The van der Waals surface area contributed by atoms with Crippen molar-refractivity contribution in [3.63, 3.8) is 0 Å². The minimum absolute atomic E-state index is 0.0141. The van der Waals surface area contributed by atoms with E-state index in [-0.39, 0.29) is 11.9 Å². The van der Waals surface area contributed by atoms with Gasteiger partial charge in [0.1, 0.15) is 0 Å². The summed E-state index contributed by atoms with van der Waals surface area (Å²) in [6.45, 7) is 5.42. The molecule has 21 heavy (non-hydrogen) atoms. The molecular weight excluding hydrogens is 270 g/mol. The highest BCUT2D eigenvalue weighted by atomic mass is 16.5. The molecule has 1 aliphatic heterocycles. The summed E-state index contributed by atoms with van der Waals surface area (Å²) < 4.78 is 4.97. The molecular formula is C14H23N5O2. The van der Waals surface area contributed by atoms with E-state index in [9.17, 15) is 4.79 Å². The van der Waals surface area contributed by atoms with Gasteiger partial charge in [-0.25, -0.2) is 9.97 Å². The van der Waals surface area contributed by atoms with Crippen molar-refractivity contribution in [2.75, 3.05) is 38.3 Å². The summed E-state index contributed by atoms with van der Waals surface area (Å²) >= 11 is 0. The molecule has 1 aliphatic rings. The number of anilines is 1. The normalized spacial score (nSPS) is 18.0. The number of carbonyl (C=O) groups excluding carboxylic acids is 1. The lowest BCUT2D eigenvalue weighted by Crippen LogP contribution is -2.35. The smallest absolute Gasteiger partial charge is 0.225 e. The van der Waals surface area contributed by atoms with Crippen LogP contribution in [0.3, 0.4) is 0 Å². The van der Waals surface area contributed by atoms with Crippen molar-refractivity contribution in [2.24, 2.45) is 0 Å². The second-order valence-electron chi connectivity index (χ2n) is 5.19. The van der Waals surface area contributed by atoms with E-state index in [4.69, 9.17) is 4.74 Å². The average Bonchev–Trinajstić information content (AvgIpc) is 2.92. The number of carbonyl (C=O) groups is 1. The Morgan fingerprint density at radius 1 is 1.48 bits per heavy atom. The van der Waals surface area contributed by atoms with Crippen LogP contribution in [0.15, 0.2) is 12.4 Å². The van der Waals surface area contributed by atoms with Crippen LogP contribution in [0.5, 0.6) is 0 Å². The van der Waals surface area contributed by atoms with E-state index < -0.39 is 0 Å². The van der Waals surface area contributed by atoms with Crippen LogP contribution in [0, 0.1) is 0 Å². The van der Waals surface area contributed by atoms with Gasteiger partial charge in [-0.3, -0.25) is 4.79 Å². The maximum Gasteiger partial charge on any atom is 0.225 e. The van der Waals surface area contributed by atoms with Crippen LogP contribution in [-0.2, 0) is 16.1 Å². The molecule has 1 aromatic heterocycles. The molecule has 1 saturated heterocycles. The molecule has 1 atom stereocenters. The van der Waals surface area contributed by atoms with Gasteiger partial charge in [-0.05, 0) is 6.42 Å². The van der Waals surface area contributed by atoms with Crippen molar-refractivity contribution in [2.45, 2.75) is 25.9 Å². The minimum Gasteiger partial charge on any atom is -0.383 e. The Labute approximate surface area is 125 Å². The summed E-state index contributed by atoms with van der Waals surface area (Å²) in [5, 5.41) is 6.19. The number of rotatable bonds is 7. The van der Waals surface area contributed by atoms with Gasteiger partial charge in [0.05, 0.1) is 6.61 Å². The van der Waals surface area contributed by atoms with Crippen molar-refractivity contribution < 1.29 is 9.53 Å². The molecule has 2 rings (SSSR count). The highest BCUT2D eigenvalue weighted by molar-refractivity contribution is 5.73. The van der Waals surface area contributed by atoms with Gasteiger partial charge in [-0.1, -0.05) is 0 Å². The van der Waals surface area contributed by atoms with E-state index >= 15 is 0 Å². The van der Waals surface area contributed by atoms with Gasteiger partial charge in [0.15, 0.2) is 0 Å². The van der Waals surface area contributed by atoms with E-state index in [1.54, 1.807) is 14.0 Å². The van der Waals surface area contributed by atoms with Crippen molar-refractivity contribution in [1.82, 2.24) is 20.6 Å². The lowest BCUT2D eigenvalue weighted by atomic mass is 10.3. The first kappa shape index (κ1) is 15.7. The van der Waals surface area contributed by atoms with Crippen LogP contribution >= 0.6 is 0 Å². The summed E-state index contributed by atoms with van der Waals surface area (Å²) in [6.07, 6.45) is 4.62. The van der Waals surface area contributed by atoms with Crippen LogP contribution < -0.4 is 15.5 Å². The van der Waals surface area contributed by atoms with E-state index in [1.165, 1.54) is 0 Å². The second-order valence-corrected chi connectivity index (χ2v) is 5.19. The monoisotopic (exact) mass is 293 g/mol. The van der Waals surface area contributed by atoms with Crippen LogP contribution in [0.1, 0.15) is 18.9 Å². The summed E-state index contributed by atoms with van der Waals surface area (Å²) in [5.74, 6) is 0.740. The van der Waals surface area contributed by atoms with Gasteiger partial charge in [-0.15, -0.1) is 0 Å². The summed E-state index contributed by atoms with van der Waals surface area (Å²) in [7, 11) is 1.68.